The van der Waals surface area contributed by atoms with E-state index < -0.39 is 21.8 Å². The van der Waals surface area contributed by atoms with Gasteiger partial charge >= 0.3 is 0 Å². The molecule has 0 aliphatic heterocycles. The van der Waals surface area contributed by atoms with Gasteiger partial charge in [0.2, 0.25) is 5.91 Å². The largest absolute Gasteiger partial charge is 0.381 e. The van der Waals surface area contributed by atoms with Crippen molar-refractivity contribution in [2.24, 2.45) is 11.1 Å². The lowest BCUT2D eigenvalue weighted by Gasteiger charge is -2.21. The van der Waals surface area contributed by atoms with Crippen molar-refractivity contribution in [2.45, 2.75) is 13.8 Å². The van der Waals surface area contributed by atoms with Crippen LogP contribution in [0.5, 0.6) is 0 Å². The number of benzene rings is 1. The molecule has 0 atom stereocenters. The Morgan fingerprint density at radius 2 is 2.00 bits per heavy atom. The SMILES string of the molecule is CC(C)(CNc1cnn(-c2ccc([N+](=O)[O-])cc2)c(=O)c1Cl)C(N)=O. The molecule has 132 valence electrons. The zero-order valence-electron chi connectivity index (χ0n) is 13.5. The molecule has 1 aromatic carbocycles. The Morgan fingerprint density at radius 1 is 1.40 bits per heavy atom. The molecule has 0 bridgehead atoms. The smallest absolute Gasteiger partial charge is 0.292 e. The van der Waals surface area contributed by atoms with E-state index in [0.717, 1.165) is 4.68 Å². The third-order valence-corrected chi connectivity index (χ3v) is 3.98. The highest BCUT2D eigenvalue weighted by atomic mass is 35.5. The molecular formula is C15H16ClN5O4. The highest BCUT2D eigenvalue weighted by molar-refractivity contribution is 6.32. The van der Waals surface area contributed by atoms with Crippen molar-refractivity contribution in [3.8, 4) is 5.69 Å². The van der Waals surface area contributed by atoms with E-state index in [2.05, 4.69) is 10.4 Å². The number of non-ortho nitro benzene ring substituents is 1. The van der Waals surface area contributed by atoms with Crippen LogP contribution in [-0.4, -0.2) is 27.2 Å². The van der Waals surface area contributed by atoms with Gasteiger partial charge in [-0.3, -0.25) is 19.7 Å². The van der Waals surface area contributed by atoms with Crippen molar-refractivity contribution in [3.05, 3.63) is 56.0 Å². The molecule has 0 unspecified atom stereocenters. The first-order valence-corrected chi connectivity index (χ1v) is 7.58. The molecule has 1 amide bonds. The van der Waals surface area contributed by atoms with Crippen LogP contribution >= 0.6 is 11.6 Å². The standard InChI is InChI=1S/C15H16ClN5O4/c1-15(2,14(17)23)8-18-11-7-19-20(13(22)12(11)16)9-3-5-10(6-4-9)21(24)25/h3-7,18H,8H2,1-2H3,(H2,17,23). The molecule has 0 aliphatic carbocycles. The van der Waals surface area contributed by atoms with Crippen LogP contribution < -0.4 is 16.6 Å². The molecule has 2 aromatic rings. The van der Waals surface area contributed by atoms with Gasteiger partial charge in [-0.25, -0.2) is 0 Å². The van der Waals surface area contributed by atoms with E-state index in [0.29, 0.717) is 5.69 Å². The van der Waals surface area contributed by atoms with Crippen LogP contribution in [0.25, 0.3) is 5.69 Å². The number of anilines is 1. The number of aromatic nitrogens is 2. The Balaban J connectivity index is 2.30. The molecule has 3 N–H and O–H groups in total. The maximum absolute atomic E-state index is 12.4. The predicted molar refractivity (Wildman–Crippen MR) is 93.0 cm³/mol. The highest BCUT2D eigenvalue weighted by Crippen LogP contribution is 2.21. The van der Waals surface area contributed by atoms with Crippen LogP contribution in [0.1, 0.15) is 13.8 Å². The second-order valence-electron chi connectivity index (χ2n) is 5.96. The fraction of sp³-hybridized carbons (Fsp3) is 0.267. The number of nitrogens with two attached hydrogens (primary N) is 1. The Hall–Kier alpha value is -2.94. The minimum Gasteiger partial charge on any atom is -0.381 e. The summed E-state index contributed by atoms with van der Waals surface area (Å²) >= 11 is 6.08. The number of rotatable bonds is 6. The number of hydrogen-bond donors (Lipinski definition) is 2. The van der Waals surface area contributed by atoms with Gasteiger partial charge in [0.15, 0.2) is 0 Å². The number of nitro benzene ring substituents is 1. The fourth-order valence-corrected chi connectivity index (χ4v) is 2.05. The van der Waals surface area contributed by atoms with Crippen molar-refractivity contribution in [1.29, 1.82) is 0 Å². The number of amides is 1. The monoisotopic (exact) mass is 365 g/mol. The van der Waals surface area contributed by atoms with Crippen molar-refractivity contribution >= 4 is 28.9 Å². The summed E-state index contributed by atoms with van der Waals surface area (Å²) in [5, 5.41) is 17.4. The van der Waals surface area contributed by atoms with Crippen molar-refractivity contribution in [1.82, 2.24) is 9.78 Å². The first kappa shape index (κ1) is 18.4. The van der Waals surface area contributed by atoms with Gasteiger partial charge in [0.05, 0.1) is 27.9 Å². The van der Waals surface area contributed by atoms with Gasteiger partial charge < -0.3 is 11.1 Å². The van der Waals surface area contributed by atoms with Gasteiger partial charge in [-0.1, -0.05) is 11.6 Å². The Kier molecular flexibility index (Phi) is 5.07. The van der Waals surface area contributed by atoms with Crippen molar-refractivity contribution in [3.63, 3.8) is 0 Å². The quantitative estimate of drug-likeness (QED) is 0.591. The number of halogens is 1. The van der Waals surface area contributed by atoms with E-state index in [4.69, 9.17) is 17.3 Å². The molecule has 2 rings (SSSR count). The molecular weight excluding hydrogens is 350 g/mol. The number of nitrogens with zero attached hydrogens (tertiary/aromatic N) is 3. The summed E-state index contributed by atoms with van der Waals surface area (Å²) in [6.07, 6.45) is 1.34. The molecule has 9 nitrogen and oxygen atoms in total. The first-order valence-electron chi connectivity index (χ1n) is 7.20. The van der Waals surface area contributed by atoms with Crippen LogP contribution in [0.3, 0.4) is 0 Å². The van der Waals surface area contributed by atoms with E-state index in [1.165, 1.54) is 30.5 Å². The average molecular weight is 366 g/mol. The molecule has 0 fully saturated rings. The average Bonchev–Trinajstić information content (AvgIpc) is 2.56. The molecule has 1 aromatic heterocycles. The lowest BCUT2D eigenvalue weighted by Crippen LogP contribution is -2.37. The van der Waals surface area contributed by atoms with Crippen LogP contribution in [0.4, 0.5) is 11.4 Å². The summed E-state index contributed by atoms with van der Waals surface area (Å²) in [6, 6.07) is 5.32. The Labute approximate surface area is 147 Å². The normalized spacial score (nSPS) is 11.2. The van der Waals surface area contributed by atoms with Gasteiger partial charge in [-0.05, 0) is 26.0 Å². The second-order valence-corrected chi connectivity index (χ2v) is 6.34. The van der Waals surface area contributed by atoms with Gasteiger partial charge in [0.1, 0.15) is 5.02 Å². The van der Waals surface area contributed by atoms with Gasteiger partial charge in [-0.15, -0.1) is 0 Å². The van der Waals surface area contributed by atoms with Crippen LogP contribution in [0, 0.1) is 15.5 Å². The van der Waals surface area contributed by atoms with Gasteiger partial charge in [-0.2, -0.15) is 9.78 Å². The summed E-state index contributed by atoms with van der Waals surface area (Å²) in [5.41, 5.74) is 4.35. The van der Waals surface area contributed by atoms with E-state index in [1.807, 2.05) is 0 Å². The molecule has 10 heteroatoms. The lowest BCUT2D eigenvalue weighted by atomic mass is 9.93. The Morgan fingerprint density at radius 3 is 2.52 bits per heavy atom. The van der Waals surface area contributed by atoms with Crippen molar-refractivity contribution < 1.29 is 9.72 Å². The minimum atomic E-state index is -0.837. The number of carbonyl (C=O) groups is 1. The summed E-state index contributed by atoms with van der Waals surface area (Å²) in [6.45, 7) is 3.48. The second kappa shape index (κ2) is 6.89. The Bertz CT molecular complexity index is 876. The summed E-state index contributed by atoms with van der Waals surface area (Å²) in [7, 11) is 0. The van der Waals surface area contributed by atoms with Crippen molar-refractivity contribution in [2.75, 3.05) is 11.9 Å². The molecule has 0 saturated heterocycles. The maximum atomic E-state index is 12.4. The van der Waals surface area contributed by atoms with Gasteiger partial charge in [0.25, 0.3) is 11.2 Å². The van der Waals surface area contributed by atoms with Crippen LogP contribution in [-0.2, 0) is 4.79 Å². The van der Waals surface area contributed by atoms with E-state index in [-0.39, 0.29) is 22.9 Å². The fourth-order valence-electron chi connectivity index (χ4n) is 1.86. The summed E-state index contributed by atoms with van der Waals surface area (Å²) in [5.74, 6) is -0.497. The molecule has 0 aliphatic rings. The number of carbonyl (C=O) groups excluding carboxylic acids is 1. The minimum absolute atomic E-state index is 0.102. The van der Waals surface area contributed by atoms with Crippen LogP contribution in [0.15, 0.2) is 35.3 Å². The first-order chi connectivity index (χ1) is 11.6. The molecule has 0 saturated carbocycles. The summed E-state index contributed by atoms with van der Waals surface area (Å²) in [4.78, 5) is 33.8. The zero-order valence-corrected chi connectivity index (χ0v) is 14.3. The van der Waals surface area contributed by atoms with E-state index in [1.54, 1.807) is 13.8 Å². The third-order valence-electron chi connectivity index (χ3n) is 3.61. The predicted octanol–water partition coefficient (Wildman–Crippen LogP) is 1.72. The van der Waals surface area contributed by atoms with E-state index >= 15 is 0 Å². The number of nitrogens with one attached hydrogen (secondary N) is 1. The molecule has 1 heterocycles. The third kappa shape index (κ3) is 3.94. The maximum Gasteiger partial charge on any atom is 0.292 e. The van der Waals surface area contributed by atoms with Gasteiger partial charge in [0, 0.05) is 18.7 Å². The number of hydrogen-bond acceptors (Lipinski definition) is 6. The summed E-state index contributed by atoms with van der Waals surface area (Å²) < 4.78 is 1.02. The zero-order chi connectivity index (χ0) is 18.8. The topological polar surface area (TPSA) is 133 Å². The molecule has 25 heavy (non-hydrogen) atoms. The number of primary amides is 1. The van der Waals surface area contributed by atoms with Crippen LogP contribution in [0.2, 0.25) is 5.02 Å². The molecule has 0 radical (unpaired) electrons. The highest BCUT2D eigenvalue weighted by Gasteiger charge is 2.25. The van der Waals surface area contributed by atoms with E-state index in [9.17, 15) is 19.7 Å². The number of nitro groups is 1. The lowest BCUT2D eigenvalue weighted by molar-refractivity contribution is -0.384. The molecule has 0 spiro atoms.